The molecule has 0 aliphatic carbocycles. The van der Waals surface area contributed by atoms with Gasteiger partial charge in [-0.3, -0.25) is 14.3 Å². The lowest BCUT2D eigenvalue weighted by molar-refractivity contribution is 0.0937. The molecule has 36 heavy (non-hydrogen) atoms. The summed E-state index contributed by atoms with van der Waals surface area (Å²) in [6.45, 7) is 10.2. The largest absolute Gasteiger partial charge is 0.350 e. The zero-order valence-corrected chi connectivity index (χ0v) is 22.6. The molecule has 2 N–H and O–H groups in total. The van der Waals surface area contributed by atoms with Crippen molar-refractivity contribution in [2.45, 2.75) is 33.6 Å². The summed E-state index contributed by atoms with van der Waals surface area (Å²) < 4.78 is 3.46. The number of hydrogen-bond donors (Lipinski definition) is 2. The quantitative estimate of drug-likeness (QED) is 0.376. The predicted octanol–water partition coefficient (Wildman–Crippen LogP) is 4.27. The zero-order valence-electron chi connectivity index (χ0n) is 21.0. The lowest BCUT2D eigenvalue weighted by Gasteiger charge is -2.36. The summed E-state index contributed by atoms with van der Waals surface area (Å²) in [5.74, 6) is -0.345. The maximum absolute atomic E-state index is 13.1. The van der Waals surface area contributed by atoms with Crippen LogP contribution in [0, 0.1) is 12.3 Å². The van der Waals surface area contributed by atoms with Crippen LogP contribution in [0.3, 0.4) is 0 Å². The molecule has 1 aliphatic heterocycles. The number of fused-ring (bicyclic) bond motifs is 1. The van der Waals surface area contributed by atoms with Crippen LogP contribution in [0.5, 0.6) is 0 Å². The number of likely N-dealkylation sites (tertiary alicyclic amines) is 1. The molecule has 0 aromatic carbocycles. The number of thiophene rings is 1. The Morgan fingerprint density at radius 1 is 1.08 bits per heavy atom. The van der Waals surface area contributed by atoms with E-state index in [1.807, 2.05) is 32.4 Å². The summed E-state index contributed by atoms with van der Waals surface area (Å²) in [6, 6.07) is 1.83. The molecule has 4 aromatic rings. The number of hydrogen-bond acceptors (Lipinski definition) is 7. The number of amides is 2. The van der Waals surface area contributed by atoms with Crippen LogP contribution >= 0.6 is 22.7 Å². The molecule has 1 aliphatic rings. The molecule has 2 amide bonds. The van der Waals surface area contributed by atoms with E-state index in [-0.39, 0.29) is 11.8 Å². The van der Waals surface area contributed by atoms with Gasteiger partial charge in [-0.15, -0.1) is 22.7 Å². The highest BCUT2D eigenvalue weighted by Crippen LogP contribution is 2.32. The van der Waals surface area contributed by atoms with Crippen LogP contribution in [-0.4, -0.2) is 62.3 Å². The molecule has 1 saturated heterocycles. The van der Waals surface area contributed by atoms with E-state index in [9.17, 15) is 9.59 Å². The number of piperidine rings is 1. The van der Waals surface area contributed by atoms with E-state index in [0.29, 0.717) is 27.4 Å². The van der Waals surface area contributed by atoms with Gasteiger partial charge in [0.15, 0.2) is 0 Å². The lowest BCUT2D eigenvalue weighted by Crippen LogP contribution is -2.41. The van der Waals surface area contributed by atoms with Gasteiger partial charge in [-0.2, -0.15) is 10.2 Å². The van der Waals surface area contributed by atoms with Crippen molar-refractivity contribution in [2.24, 2.45) is 12.5 Å². The van der Waals surface area contributed by atoms with Gasteiger partial charge in [0.1, 0.15) is 4.83 Å². The number of thiazole rings is 1. The topological polar surface area (TPSA) is 96.6 Å². The van der Waals surface area contributed by atoms with Crippen LogP contribution < -0.4 is 10.6 Å². The van der Waals surface area contributed by atoms with Crippen molar-refractivity contribution < 1.29 is 9.59 Å². The molecule has 0 bridgehead atoms. The second-order valence-electron chi connectivity index (χ2n) is 10.1. The van der Waals surface area contributed by atoms with Gasteiger partial charge in [0.25, 0.3) is 11.8 Å². The van der Waals surface area contributed by atoms with Crippen molar-refractivity contribution >= 4 is 44.3 Å². The SMILES string of the molecule is Cc1cc(C(=O)NCCN2CCC(C)(C)CC2)sc1NC(=O)c1cnn2cc(-c3cnn(C)c3)sc12. The number of carbonyl (C=O) groups is 2. The van der Waals surface area contributed by atoms with E-state index in [0.717, 1.165) is 40.5 Å². The van der Waals surface area contributed by atoms with Crippen LogP contribution in [0.1, 0.15) is 52.3 Å². The van der Waals surface area contributed by atoms with Gasteiger partial charge in [-0.1, -0.05) is 13.8 Å². The number of anilines is 1. The van der Waals surface area contributed by atoms with Crippen LogP contribution in [0.2, 0.25) is 0 Å². The van der Waals surface area contributed by atoms with Gasteiger partial charge in [0, 0.05) is 38.1 Å². The Kier molecular flexibility index (Phi) is 6.71. The van der Waals surface area contributed by atoms with Crippen molar-refractivity contribution in [3.8, 4) is 10.4 Å². The molecule has 0 unspecified atom stereocenters. The standard InChI is InChI=1S/C25H31N7O2S2/c1-16-11-19(22(34)26-7-10-31-8-5-25(2,3)6-9-31)35-23(16)29-21(33)18-13-28-32-15-20(36-24(18)32)17-12-27-30(4)14-17/h11-15H,5-10H2,1-4H3,(H,26,34)(H,29,33). The Hall–Kier alpha value is -3.02. The minimum Gasteiger partial charge on any atom is -0.350 e. The molecule has 0 atom stereocenters. The summed E-state index contributed by atoms with van der Waals surface area (Å²) in [6.07, 6.45) is 9.58. The molecule has 9 nitrogen and oxygen atoms in total. The van der Waals surface area contributed by atoms with Crippen molar-refractivity contribution in [3.05, 3.63) is 46.9 Å². The number of nitrogens with one attached hydrogen (secondary N) is 2. The average molecular weight is 526 g/mol. The molecule has 11 heteroatoms. The molecule has 5 rings (SSSR count). The Morgan fingerprint density at radius 2 is 1.86 bits per heavy atom. The third-order valence-corrected chi connectivity index (χ3v) is 9.03. The molecule has 0 saturated carbocycles. The number of aromatic nitrogens is 4. The second-order valence-corrected chi connectivity index (χ2v) is 12.2. The van der Waals surface area contributed by atoms with Crippen LogP contribution in [0.4, 0.5) is 5.00 Å². The normalized spacial score (nSPS) is 15.9. The maximum Gasteiger partial charge on any atom is 0.261 e. The van der Waals surface area contributed by atoms with Gasteiger partial charge in [-0.25, -0.2) is 4.52 Å². The maximum atomic E-state index is 13.1. The Balaban J connectivity index is 1.20. The van der Waals surface area contributed by atoms with E-state index in [1.54, 1.807) is 21.6 Å². The van der Waals surface area contributed by atoms with E-state index < -0.39 is 0 Å². The number of carbonyl (C=O) groups excluding carboxylic acids is 2. The molecule has 190 valence electrons. The fraction of sp³-hybridized carbons (Fsp3) is 0.440. The van der Waals surface area contributed by atoms with E-state index in [1.165, 1.54) is 35.5 Å². The molecular weight excluding hydrogens is 494 g/mol. The highest BCUT2D eigenvalue weighted by molar-refractivity contribution is 7.21. The minimum absolute atomic E-state index is 0.103. The second kappa shape index (κ2) is 9.79. The average Bonchev–Trinajstić information content (AvgIpc) is 3.59. The van der Waals surface area contributed by atoms with Crippen molar-refractivity contribution in [1.82, 2.24) is 29.6 Å². The number of nitrogens with zero attached hydrogens (tertiary/aromatic N) is 5. The summed E-state index contributed by atoms with van der Waals surface area (Å²) in [7, 11) is 1.87. The smallest absolute Gasteiger partial charge is 0.261 e. The Bertz CT molecular complexity index is 1400. The third-order valence-electron chi connectivity index (χ3n) is 6.72. The first-order valence-electron chi connectivity index (χ1n) is 12.1. The van der Waals surface area contributed by atoms with E-state index in [4.69, 9.17) is 0 Å². The van der Waals surface area contributed by atoms with Gasteiger partial charge in [0.05, 0.1) is 32.7 Å². The van der Waals surface area contributed by atoms with Crippen LogP contribution in [-0.2, 0) is 7.05 Å². The summed E-state index contributed by atoms with van der Waals surface area (Å²) >= 11 is 2.79. The zero-order chi connectivity index (χ0) is 25.4. The predicted molar refractivity (Wildman–Crippen MR) is 144 cm³/mol. The van der Waals surface area contributed by atoms with Gasteiger partial charge in [-0.05, 0) is 49.9 Å². The summed E-state index contributed by atoms with van der Waals surface area (Å²) in [5, 5.41) is 15.2. The third kappa shape index (κ3) is 5.23. The van der Waals surface area contributed by atoms with Crippen molar-refractivity contribution in [1.29, 1.82) is 0 Å². The first kappa shape index (κ1) is 24.7. The van der Waals surface area contributed by atoms with Gasteiger partial charge < -0.3 is 15.5 Å². The summed E-state index contributed by atoms with van der Waals surface area (Å²) in [5.41, 5.74) is 2.76. The molecular formula is C25H31N7O2S2. The fourth-order valence-corrected chi connectivity index (χ4v) is 6.33. The Morgan fingerprint density at radius 3 is 2.58 bits per heavy atom. The molecule has 1 fully saturated rings. The fourth-order valence-electron chi connectivity index (χ4n) is 4.31. The van der Waals surface area contributed by atoms with Crippen LogP contribution in [0.25, 0.3) is 15.3 Å². The van der Waals surface area contributed by atoms with Crippen molar-refractivity contribution in [2.75, 3.05) is 31.5 Å². The van der Waals surface area contributed by atoms with Crippen molar-refractivity contribution in [3.63, 3.8) is 0 Å². The monoisotopic (exact) mass is 525 g/mol. The van der Waals surface area contributed by atoms with E-state index >= 15 is 0 Å². The first-order valence-corrected chi connectivity index (χ1v) is 13.7. The van der Waals surface area contributed by atoms with Crippen LogP contribution in [0.15, 0.2) is 30.9 Å². The molecule has 0 spiro atoms. The number of rotatable bonds is 7. The summed E-state index contributed by atoms with van der Waals surface area (Å²) in [4.78, 5) is 30.6. The highest BCUT2D eigenvalue weighted by atomic mass is 32.1. The molecule has 5 heterocycles. The molecule has 0 radical (unpaired) electrons. The first-order chi connectivity index (χ1) is 17.2. The molecule has 4 aromatic heterocycles. The minimum atomic E-state index is -0.241. The highest BCUT2D eigenvalue weighted by Gasteiger charge is 2.25. The number of aryl methyl sites for hydroxylation is 2. The van der Waals surface area contributed by atoms with E-state index in [2.05, 4.69) is 39.6 Å². The Labute approximate surface area is 218 Å². The van der Waals surface area contributed by atoms with Gasteiger partial charge in [0.2, 0.25) is 0 Å². The van der Waals surface area contributed by atoms with Gasteiger partial charge >= 0.3 is 0 Å². The lowest BCUT2D eigenvalue weighted by atomic mass is 9.83.